The highest BCUT2D eigenvalue weighted by Crippen LogP contribution is 2.30. The van der Waals surface area contributed by atoms with Gasteiger partial charge in [0.15, 0.2) is 11.0 Å². The van der Waals surface area contributed by atoms with Crippen LogP contribution in [0.2, 0.25) is 5.15 Å². The monoisotopic (exact) mass is 527 g/mol. The van der Waals surface area contributed by atoms with Crippen molar-refractivity contribution in [1.82, 2.24) is 9.55 Å². The average molecular weight is 528 g/mol. The van der Waals surface area contributed by atoms with Crippen LogP contribution in [0.4, 0.5) is 19.0 Å². The zero-order chi connectivity index (χ0) is 26.4. The Hall–Kier alpha value is -4.11. The highest BCUT2D eigenvalue weighted by molar-refractivity contribution is 6.32. The number of esters is 1. The molecule has 0 spiro atoms. The number of carbonyl (C=O) groups is 1. The van der Waals surface area contributed by atoms with Gasteiger partial charge in [0.25, 0.3) is 5.56 Å². The van der Waals surface area contributed by atoms with Crippen molar-refractivity contribution in [2.75, 3.05) is 5.32 Å². The van der Waals surface area contributed by atoms with E-state index in [0.29, 0.717) is 5.56 Å². The number of aromatic nitrogens is 2. The van der Waals surface area contributed by atoms with E-state index in [1.807, 2.05) is 18.2 Å². The maximum Gasteiger partial charge on any atom is 0.416 e. The van der Waals surface area contributed by atoms with Crippen LogP contribution in [0, 0.1) is 0 Å². The molecule has 37 heavy (non-hydrogen) atoms. The fourth-order valence-corrected chi connectivity index (χ4v) is 3.93. The van der Waals surface area contributed by atoms with Crippen LogP contribution in [0.15, 0.2) is 89.7 Å². The number of ether oxygens (including phenoxy) is 1. The third-order valence-corrected chi connectivity index (χ3v) is 5.68. The number of benzene rings is 3. The maximum absolute atomic E-state index is 13.4. The summed E-state index contributed by atoms with van der Waals surface area (Å²) in [4.78, 5) is 30.2. The second-order valence-electron chi connectivity index (χ2n) is 8.06. The molecule has 0 aliphatic heterocycles. The average Bonchev–Trinajstić information content (AvgIpc) is 2.89. The lowest BCUT2D eigenvalue weighted by atomic mass is 10.1. The molecule has 10 heteroatoms. The molecule has 1 heterocycles. The Morgan fingerprint density at radius 2 is 1.59 bits per heavy atom. The van der Waals surface area contributed by atoms with Crippen molar-refractivity contribution in [1.29, 1.82) is 0 Å². The first-order valence-corrected chi connectivity index (χ1v) is 11.6. The molecule has 0 aliphatic carbocycles. The van der Waals surface area contributed by atoms with Gasteiger partial charge in [0.2, 0.25) is 0 Å². The summed E-state index contributed by atoms with van der Waals surface area (Å²) in [6, 6.07) is 22.5. The Bertz CT molecular complexity index is 1440. The molecule has 6 nitrogen and oxygen atoms in total. The number of nitrogens with zero attached hydrogens (tertiary/aromatic N) is 2. The first kappa shape index (κ1) is 26.0. The zero-order valence-electron chi connectivity index (χ0n) is 19.3. The van der Waals surface area contributed by atoms with E-state index < -0.39 is 29.8 Å². The van der Waals surface area contributed by atoms with E-state index in [4.69, 9.17) is 16.3 Å². The van der Waals surface area contributed by atoms with E-state index in [9.17, 15) is 22.8 Å². The first-order chi connectivity index (χ1) is 17.7. The molecule has 0 amide bonds. The van der Waals surface area contributed by atoms with Crippen molar-refractivity contribution < 1.29 is 22.7 Å². The summed E-state index contributed by atoms with van der Waals surface area (Å²) in [6.45, 7) is -0.545. The quantitative estimate of drug-likeness (QED) is 0.287. The molecule has 0 radical (unpaired) electrons. The summed E-state index contributed by atoms with van der Waals surface area (Å²) in [7, 11) is 0. The van der Waals surface area contributed by atoms with Crippen molar-refractivity contribution in [3.63, 3.8) is 0 Å². The number of hydrogen-bond acceptors (Lipinski definition) is 5. The predicted octanol–water partition coefficient (Wildman–Crippen LogP) is 5.94. The van der Waals surface area contributed by atoms with E-state index in [0.717, 1.165) is 22.3 Å². The molecule has 0 saturated heterocycles. The number of anilines is 1. The minimum atomic E-state index is -4.50. The van der Waals surface area contributed by atoms with Crippen molar-refractivity contribution in [3.05, 3.63) is 117 Å². The van der Waals surface area contributed by atoms with Crippen molar-refractivity contribution >= 4 is 23.4 Å². The third kappa shape index (κ3) is 6.56. The molecule has 0 saturated carbocycles. The van der Waals surface area contributed by atoms with E-state index in [1.54, 1.807) is 42.5 Å². The standard InChI is InChI=1S/C27H21ClF3N3O3/c28-24-23(20-11-5-2-6-12-20)34(16-22(35)37-17-18-8-3-1-4-9-18)26(36)25(33-24)32-15-19-10-7-13-21(14-19)27(29,30)31/h1-14H,15-17H2,(H,32,33). The summed E-state index contributed by atoms with van der Waals surface area (Å²) >= 11 is 6.45. The van der Waals surface area contributed by atoms with E-state index >= 15 is 0 Å². The second-order valence-corrected chi connectivity index (χ2v) is 8.41. The van der Waals surface area contributed by atoms with Crippen molar-refractivity contribution in [3.8, 4) is 11.3 Å². The Morgan fingerprint density at radius 1 is 0.946 bits per heavy atom. The second kappa shape index (κ2) is 11.3. The van der Waals surface area contributed by atoms with Crippen molar-refractivity contribution in [2.24, 2.45) is 0 Å². The maximum atomic E-state index is 13.4. The number of hydrogen-bond donors (Lipinski definition) is 1. The number of rotatable bonds is 8. The van der Waals surface area contributed by atoms with Crippen LogP contribution in [-0.4, -0.2) is 15.5 Å². The fourth-order valence-electron chi connectivity index (χ4n) is 3.63. The van der Waals surface area contributed by atoms with Crippen LogP contribution in [0.1, 0.15) is 16.7 Å². The highest BCUT2D eigenvalue weighted by atomic mass is 35.5. The number of carbonyl (C=O) groups excluding carboxylic acids is 1. The molecule has 0 bridgehead atoms. The predicted molar refractivity (Wildman–Crippen MR) is 134 cm³/mol. The lowest BCUT2D eigenvalue weighted by Crippen LogP contribution is -2.30. The summed E-state index contributed by atoms with van der Waals surface area (Å²) < 4.78 is 45.6. The Kier molecular flexibility index (Phi) is 7.93. The molecule has 0 aliphatic rings. The van der Waals surface area contributed by atoms with Gasteiger partial charge < -0.3 is 10.1 Å². The summed E-state index contributed by atoms with van der Waals surface area (Å²) in [6.07, 6.45) is -4.50. The molecule has 4 rings (SSSR count). The molecule has 0 unspecified atom stereocenters. The van der Waals surface area contributed by atoms with Crippen LogP contribution >= 0.6 is 11.6 Å². The van der Waals surface area contributed by atoms with Gasteiger partial charge in [-0.15, -0.1) is 0 Å². The first-order valence-electron chi connectivity index (χ1n) is 11.2. The van der Waals surface area contributed by atoms with Gasteiger partial charge >= 0.3 is 12.1 Å². The molecular weight excluding hydrogens is 507 g/mol. The molecule has 1 aromatic heterocycles. The van der Waals surface area contributed by atoms with Gasteiger partial charge in [0, 0.05) is 12.1 Å². The Balaban J connectivity index is 1.62. The van der Waals surface area contributed by atoms with Gasteiger partial charge in [0.05, 0.1) is 11.3 Å². The van der Waals surface area contributed by atoms with E-state index in [-0.39, 0.29) is 35.4 Å². The number of halogens is 4. The molecule has 4 aromatic rings. The normalized spacial score (nSPS) is 11.2. The van der Waals surface area contributed by atoms with Gasteiger partial charge in [-0.3, -0.25) is 14.2 Å². The van der Waals surface area contributed by atoms with Crippen LogP contribution < -0.4 is 10.9 Å². The van der Waals surface area contributed by atoms with Crippen LogP contribution in [0.3, 0.4) is 0 Å². The molecular formula is C27H21ClF3N3O3. The smallest absolute Gasteiger partial charge is 0.416 e. The summed E-state index contributed by atoms with van der Waals surface area (Å²) in [5, 5.41) is 2.69. The highest BCUT2D eigenvalue weighted by Gasteiger charge is 2.30. The fraction of sp³-hybridized carbons (Fsp3) is 0.148. The topological polar surface area (TPSA) is 73.2 Å². The third-order valence-electron chi connectivity index (χ3n) is 5.41. The Morgan fingerprint density at radius 3 is 2.27 bits per heavy atom. The van der Waals surface area contributed by atoms with Gasteiger partial charge in [-0.25, -0.2) is 4.98 Å². The summed E-state index contributed by atoms with van der Waals surface area (Å²) in [5.41, 5.74) is 0.351. The van der Waals surface area contributed by atoms with Crippen molar-refractivity contribution in [2.45, 2.75) is 25.9 Å². The number of nitrogens with one attached hydrogen (secondary N) is 1. The summed E-state index contributed by atoms with van der Waals surface area (Å²) in [5.74, 6) is -0.882. The minimum absolute atomic E-state index is 0.0224. The van der Waals surface area contributed by atoms with Gasteiger partial charge in [-0.1, -0.05) is 84.4 Å². The lowest BCUT2D eigenvalue weighted by Gasteiger charge is -2.16. The molecule has 0 fully saturated rings. The lowest BCUT2D eigenvalue weighted by molar-refractivity contribution is -0.145. The SMILES string of the molecule is O=C(Cn1c(-c2ccccc2)c(Cl)nc(NCc2cccc(C(F)(F)F)c2)c1=O)OCc1ccccc1. The Labute approximate surface area is 215 Å². The van der Waals surface area contributed by atoms with Crippen LogP contribution in [-0.2, 0) is 35.4 Å². The molecule has 0 atom stereocenters. The van der Waals surface area contributed by atoms with E-state index in [1.165, 1.54) is 12.1 Å². The van der Waals surface area contributed by atoms with E-state index in [2.05, 4.69) is 10.3 Å². The van der Waals surface area contributed by atoms with Gasteiger partial charge in [-0.2, -0.15) is 13.2 Å². The largest absolute Gasteiger partial charge is 0.459 e. The van der Waals surface area contributed by atoms with Gasteiger partial charge in [-0.05, 0) is 23.3 Å². The van der Waals surface area contributed by atoms with Crippen LogP contribution in [0.5, 0.6) is 0 Å². The molecule has 3 aromatic carbocycles. The zero-order valence-corrected chi connectivity index (χ0v) is 20.1. The van der Waals surface area contributed by atoms with Gasteiger partial charge in [0.1, 0.15) is 13.2 Å². The minimum Gasteiger partial charge on any atom is -0.459 e. The van der Waals surface area contributed by atoms with Crippen LogP contribution in [0.25, 0.3) is 11.3 Å². The molecule has 190 valence electrons. The molecule has 1 N–H and O–H groups in total. The number of alkyl halides is 3.